The van der Waals surface area contributed by atoms with Crippen molar-refractivity contribution in [2.24, 2.45) is 0 Å². The SMILES string of the molecule is CC1CN(c2ccc(Nc3ncc4ccn(S(=O)(=O)c5cccc(C#N)c5)c4n3)cc2)CCN1. The number of nitrogens with one attached hydrogen (secondary N) is 2. The van der Waals surface area contributed by atoms with E-state index in [2.05, 4.69) is 32.4 Å². The molecular weight excluding hydrogens is 450 g/mol. The van der Waals surface area contributed by atoms with Gasteiger partial charge in [0.05, 0.1) is 16.5 Å². The maximum atomic E-state index is 13.2. The van der Waals surface area contributed by atoms with Crippen LogP contribution in [0.25, 0.3) is 11.0 Å². The summed E-state index contributed by atoms with van der Waals surface area (Å²) in [4.78, 5) is 11.2. The first-order chi connectivity index (χ1) is 16.4. The molecule has 10 heteroatoms. The van der Waals surface area contributed by atoms with Gasteiger partial charge in [-0.25, -0.2) is 17.4 Å². The third kappa shape index (κ3) is 4.19. The van der Waals surface area contributed by atoms with Crippen LogP contribution in [0.1, 0.15) is 12.5 Å². The molecule has 4 aromatic rings. The molecule has 1 aliphatic heterocycles. The second kappa shape index (κ2) is 8.78. The number of nitriles is 1. The van der Waals surface area contributed by atoms with Crippen molar-refractivity contribution in [1.29, 1.82) is 5.26 Å². The van der Waals surface area contributed by atoms with Crippen molar-refractivity contribution in [3.63, 3.8) is 0 Å². The van der Waals surface area contributed by atoms with Crippen LogP contribution in [-0.4, -0.2) is 48.0 Å². The zero-order valence-electron chi connectivity index (χ0n) is 18.5. The van der Waals surface area contributed by atoms with E-state index in [9.17, 15) is 8.42 Å². The molecule has 2 N–H and O–H groups in total. The molecule has 3 heterocycles. The molecule has 0 aliphatic carbocycles. The first kappa shape index (κ1) is 21.9. The molecule has 1 atom stereocenters. The molecule has 1 aliphatic rings. The van der Waals surface area contributed by atoms with Gasteiger partial charge in [-0.3, -0.25) is 0 Å². The molecule has 2 aromatic heterocycles. The minimum atomic E-state index is -3.93. The Hall–Kier alpha value is -3.94. The van der Waals surface area contributed by atoms with E-state index in [-0.39, 0.29) is 22.1 Å². The predicted octanol–water partition coefficient (Wildman–Crippen LogP) is 3.08. The molecule has 0 amide bonds. The predicted molar refractivity (Wildman–Crippen MR) is 131 cm³/mol. The average molecular weight is 474 g/mol. The van der Waals surface area contributed by atoms with Crippen molar-refractivity contribution in [3.05, 3.63) is 72.6 Å². The van der Waals surface area contributed by atoms with E-state index in [0.29, 0.717) is 11.4 Å². The molecule has 0 radical (unpaired) electrons. The highest BCUT2D eigenvalue weighted by Crippen LogP contribution is 2.24. The second-order valence-corrected chi connectivity index (χ2v) is 10.0. The Morgan fingerprint density at radius 3 is 2.76 bits per heavy atom. The molecule has 172 valence electrons. The minimum Gasteiger partial charge on any atom is -0.369 e. The smallest absolute Gasteiger partial charge is 0.269 e. The Morgan fingerprint density at radius 1 is 1.18 bits per heavy atom. The zero-order valence-corrected chi connectivity index (χ0v) is 19.3. The molecule has 2 aromatic carbocycles. The molecule has 0 spiro atoms. The maximum absolute atomic E-state index is 13.2. The fourth-order valence-corrected chi connectivity index (χ4v) is 5.39. The Kier molecular flexibility index (Phi) is 5.65. The van der Waals surface area contributed by atoms with Gasteiger partial charge in [-0.05, 0) is 55.5 Å². The van der Waals surface area contributed by atoms with Crippen molar-refractivity contribution in [2.45, 2.75) is 17.9 Å². The van der Waals surface area contributed by atoms with Crippen LogP contribution in [0.3, 0.4) is 0 Å². The minimum absolute atomic E-state index is 0.0231. The van der Waals surface area contributed by atoms with E-state index in [1.54, 1.807) is 24.4 Å². The number of rotatable bonds is 5. The molecule has 1 unspecified atom stereocenters. The lowest BCUT2D eigenvalue weighted by Gasteiger charge is -2.33. The van der Waals surface area contributed by atoms with E-state index in [0.717, 1.165) is 35.0 Å². The van der Waals surface area contributed by atoms with E-state index in [1.807, 2.05) is 30.3 Å². The van der Waals surface area contributed by atoms with Crippen molar-refractivity contribution < 1.29 is 8.42 Å². The highest BCUT2D eigenvalue weighted by molar-refractivity contribution is 7.90. The van der Waals surface area contributed by atoms with E-state index in [1.165, 1.54) is 18.3 Å². The summed E-state index contributed by atoms with van der Waals surface area (Å²) in [6, 6.07) is 18.0. The highest BCUT2D eigenvalue weighted by atomic mass is 32.2. The fourth-order valence-electron chi connectivity index (χ4n) is 4.04. The fraction of sp³-hybridized carbons (Fsp3) is 0.208. The number of nitrogens with zero attached hydrogens (tertiary/aromatic N) is 5. The topological polar surface area (TPSA) is 116 Å². The lowest BCUT2D eigenvalue weighted by atomic mass is 10.2. The number of hydrogen-bond acceptors (Lipinski definition) is 8. The van der Waals surface area contributed by atoms with Crippen molar-refractivity contribution in [3.8, 4) is 6.07 Å². The number of piperazine rings is 1. The van der Waals surface area contributed by atoms with Crippen LogP contribution in [0, 0.1) is 11.3 Å². The summed E-state index contributed by atoms with van der Waals surface area (Å²) in [5.74, 6) is 0.289. The number of hydrogen-bond donors (Lipinski definition) is 2. The van der Waals surface area contributed by atoms with Crippen molar-refractivity contribution in [1.82, 2.24) is 19.3 Å². The highest BCUT2D eigenvalue weighted by Gasteiger charge is 2.21. The van der Waals surface area contributed by atoms with Crippen molar-refractivity contribution >= 4 is 38.4 Å². The normalized spacial score (nSPS) is 16.4. The third-order valence-corrected chi connectivity index (χ3v) is 7.43. The number of anilines is 3. The van der Waals surface area contributed by atoms with E-state index >= 15 is 0 Å². The average Bonchev–Trinajstić information content (AvgIpc) is 3.29. The standard InChI is InChI=1S/C24H23N7O2S/c1-17-16-30(12-10-26-17)21-7-5-20(6-8-21)28-24-27-15-19-9-11-31(23(19)29-24)34(32,33)22-4-2-3-18(13-22)14-25/h2-9,11,13,15,17,26H,10,12,16H2,1H3,(H,27,28,29). The Labute approximate surface area is 197 Å². The van der Waals surface area contributed by atoms with Gasteiger partial charge in [0.25, 0.3) is 10.0 Å². The van der Waals surface area contributed by atoms with Gasteiger partial charge < -0.3 is 15.5 Å². The summed E-state index contributed by atoms with van der Waals surface area (Å²) in [6.45, 7) is 5.04. The van der Waals surface area contributed by atoms with E-state index in [4.69, 9.17) is 5.26 Å². The van der Waals surface area contributed by atoms with Crippen LogP contribution in [0.2, 0.25) is 0 Å². The first-order valence-corrected chi connectivity index (χ1v) is 12.3. The van der Waals surface area contributed by atoms with Crippen LogP contribution in [0.15, 0.2) is 71.9 Å². The largest absolute Gasteiger partial charge is 0.369 e. The number of benzene rings is 2. The Bertz CT molecular complexity index is 1490. The van der Waals surface area contributed by atoms with Crippen LogP contribution < -0.4 is 15.5 Å². The van der Waals surface area contributed by atoms with Gasteiger partial charge in [-0.2, -0.15) is 10.2 Å². The molecule has 9 nitrogen and oxygen atoms in total. The van der Waals surface area contributed by atoms with Crippen molar-refractivity contribution in [2.75, 3.05) is 29.9 Å². The number of fused-ring (bicyclic) bond motifs is 1. The maximum Gasteiger partial charge on any atom is 0.269 e. The van der Waals surface area contributed by atoms with Crippen LogP contribution in [0.5, 0.6) is 0 Å². The van der Waals surface area contributed by atoms with Crippen LogP contribution in [-0.2, 0) is 10.0 Å². The lowest BCUT2D eigenvalue weighted by molar-refractivity contribution is 0.485. The molecule has 5 rings (SSSR count). The van der Waals surface area contributed by atoms with Gasteiger partial charge in [0.2, 0.25) is 5.95 Å². The third-order valence-electron chi connectivity index (χ3n) is 5.77. The Morgan fingerprint density at radius 2 is 2.00 bits per heavy atom. The summed E-state index contributed by atoms with van der Waals surface area (Å²) in [5, 5.41) is 16.3. The second-order valence-electron chi connectivity index (χ2n) is 8.20. The summed E-state index contributed by atoms with van der Waals surface area (Å²) in [5.41, 5.74) is 2.48. The van der Waals surface area contributed by atoms with Gasteiger partial charge in [0, 0.05) is 54.8 Å². The first-order valence-electron chi connectivity index (χ1n) is 10.9. The van der Waals surface area contributed by atoms with Crippen LogP contribution in [0.4, 0.5) is 17.3 Å². The van der Waals surface area contributed by atoms with Gasteiger partial charge >= 0.3 is 0 Å². The van der Waals surface area contributed by atoms with Crippen LogP contribution >= 0.6 is 0 Å². The van der Waals surface area contributed by atoms with Gasteiger partial charge in [0.1, 0.15) is 0 Å². The summed E-state index contributed by atoms with van der Waals surface area (Å²) in [6.07, 6.45) is 3.03. The van der Waals surface area contributed by atoms with Gasteiger partial charge in [0.15, 0.2) is 5.65 Å². The quantitative estimate of drug-likeness (QED) is 0.454. The molecule has 1 saturated heterocycles. The molecule has 1 fully saturated rings. The summed E-state index contributed by atoms with van der Waals surface area (Å²) < 4.78 is 27.6. The molecular formula is C24H23N7O2S. The summed E-state index contributed by atoms with van der Waals surface area (Å²) >= 11 is 0. The Balaban J connectivity index is 1.41. The number of aromatic nitrogens is 3. The molecule has 0 bridgehead atoms. The van der Waals surface area contributed by atoms with Gasteiger partial charge in [-0.15, -0.1) is 0 Å². The monoisotopic (exact) mass is 473 g/mol. The van der Waals surface area contributed by atoms with Gasteiger partial charge in [-0.1, -0.05) is 6.07 Å². The molecule has 0 saturated carbocycles. The van der Waals surface area contributed by atoms with E-state index < -0.39 is 10.0 Å². The zero-order chi connectivity index (χ0) is 23.7. The summed E-state index contributed by atoms with van der Waals surface area (Å²) in [7, 11) is -3.93. The lowest BCUT2D eigenvalue weighted by Crippen LogP contribution is -2.49. The molecule has 34 heavy (non-hydrogen) atoms.